The highest BCUT2D eigenvalue weighted by atomic mass is 16.5. The van der Waals surface area contributed by atoms with Crippen molar-refractivity contribution in [1.82, 2.24) is 20.8 Å². The Balaban J connectivity index is 2.03. The highest BCUT2D eigenvalue weighted by Crippen LogP contribution is 2.13. The van der Waals surface area contributed by atoms with E-state index in [2.05, 4.69) is 20.8 Å². The van der Waals surface area contributed by atoms with E-state index >= 15 is 0 Å². The van der Waals surface area contributed by atoms with Gasteiger partial charge in [-0.25, -0.2) is 0 Å². The second-order valence-corrected chi connectivity index (χ2v) is 4.08. The van der Waals surface area contributed by atoms with Gasteiger partial charge in [0.1, 0.15) is 0 Å². The summed E-state index contributed by atoms with van der Waals surface area (Å²) in [4.78, 5) is 15.6. The Kier molecular flexibility index (Phi) is 2.44. The van der Waals surface area contributed by atoms with Crippen LogP contribution in [0.4, 0.5) is 0 Å². The first kappa shape index (κ1) is 10.1. The first-order chi connectivity index (χ1) is 7.09. The molecule has 1 aromatic rings. The maximum absolute atomic E-state index is 11.7. The number of amides is 1. The zero-order chi connectivity index (χ0) is 10.9. The van der Waals surface area contributed by atoms with Crippen molar-refractivity contribution in [3.63, 3.8) is 0 Å². The van der Waals surface area contributed by atoms with Gasteiger partial charge in [0, 0.05) is 13.5 Å². The monoisotopic (exact) mass is 210 g/mol. The van der Waals surface area contributed by atoms with Gasteiger partial charge in [-0.05, 0) is 19.9 Å². The molecule has 1 saturated heterocycles. The second-order valence-electron chi connectivity index (χ2n) is 4.08. The van der Waals surface area contributed by atoms with Crippen molar-refractivity contribution in [2.75, 3.05) is 13.1 Å². The molecule has 82 valence electrons. The Hall–Kier alpha value is -1.43. The molecule has 0 aliphatic carbocycles. The van der Waals surface area contributed by atoms with Crippen LogP contribution < -0.4 is 10.6 Å². The van der Waals surface area contributed by atoms with Crippen molar-refractivity contribution in [3.05, 3.63) is 11.7 Å². The van der Waals surface area contributed by atoms with Crippen molar-refractivity contribution in [2.45, 2.75) is 25.8 Å². The topological polar surface area (TPSA) is 80.0 Å². The minimum Gasteiger partial charge on any atom is -0.343 e. The molecule has 6 nitrogen and oxygen atoms in total. The summed E-state index contributed by atoms with van der Waals surface area (Å²) in [6.07, 6.45) is 0.912. The standard InChI is InChI=1S/C9H14N4O2/c1-6-11-7(13-15-6)8(14)12-9(2)3-4-10-5-9/h10H,3-5H2,1-2H3,(H,12,14). The molecule has 1 aliphatic heterocycles. The third-order valence-corrected chi connectivity index (χ3v) is 2.51. The van der Waals surface area contributed by atoms with Crippen molar-refractivity contribution in [2.24, 2.45) is 0 Å². The lowest BCUT2D eigenvalue weighted by Crippen LogP contribution is -2.47. The third kappa shape index (κ3) is 2.15. The van der Waals surface area contributed by atoms with E-state index in [1.165, 1.54) is 0 Å². The van der Waals surface area contributed by atoms with Crippen molar-refractivity contribution in [3.8, 4) is 0 Å². The lowest BCUT2D eigenvalue weighted by molar-refractivity contribution is 0.0899. The molecule has 1 aliphatic rings. The van der Waals surface area contributed by atoms with Crippen LogP contribution in [-0.4, -0.2) is 34.7 Å². The normalized spacial score (nSPS) is 25.5. The van der Waals surface area contributed by atoms with Crippen LogP contribution in [0, 0.1) is 6.92 Å². The minimum absolute atomic E-state index is 0.0978. The first-order valence-electron chi connectivity index (χ1n) is 4.93. The number of carbonyl (C=O) groups excluding carboxylic acids is 1. The molecule has 1 amide bonds. The Morgan fingerprint density at radius 2 is 2.47 bits per heavy atom. The number of carbonyl (C=O) groups is 1. The summed E-state index contributed by atoms with van der Waals surface area (Å²) < 4.78 is 4.75. The van der Waals surface area contributed by atoms with E-state index in [1.807, 2.05) is 6.92 Å². The Bertz CT molecular complexity index is 368. The van der Waals surface area contributed by atoms with Gasteiger partial charge in [-0.1, -0.05) is 5.16 Å². The van der Waals surface area contributed by atoms with Gasteiger partial charge in [0.25, 0.3) is 11.7 Å². The summed E-state index contributed by atoms with van der Waals surface area (Å²) in [6, 6.07) is 0. The molecule has 0 bridgehead atoms. The lowest BCUT2D eigenvalue weighted by atomic mass is 10.0. The first-order valence-corrected chi connectivity index (χ1v) is 4.93. The lowest BCUT2D eigenvalue weighted by Gasteiger charge is -2.23. The average Bonchev–Trinajstić information content (AvgIpc) is 2.75. The smallest absolute Gasteiger partial charge is 0.293 e. The predicted molar refractivity (Wildman–Crippen MR) is 52.4 cm³/mol. The van der Waals surface area contributed by atoms with Crippen LogP contribution in [-0.2, 0) is 0 Å². The molecule has 0 spiro atoms. The quantitative estimate of drug-likeness (QED) is 0.710. The van der Waals surface area contributed by atoms with Gasteiger partial charge in [0.15, 0.2) is 0 Å². The van der Waals surface area contributed by atoms with Gasteiger partial charge in [0.05, 0.1) is 5.54 Å². The fourth-order valence-electron chi connectivity index (χ4n) is 1.65. The molecule has 1 aromatic heterocycles. The van der Waals surface area contributed by atoms with Crippen LogP contribution in [0.25, 0.3) is 0 Å². The van der Waals surface area contributed by atoms with Gasteiger partial charge in [-0.2, -0.15) is 4.98 Å². The molecule has 0 aromatic carbocycles. The van der Waals surface area contributed by atoms with E-state index in [0.29, 0.717) is 5.89 Å². The fraction of sp³-hybridized carbons (Fsp3) is 0.667. The van der Waals surface area contributed by atoms with E-state index in [0.717, 1.165) is 19.5 Å². The number of hydrogen-bond acceptors (Lipinski definition) is 5. The number of nitrogens with zero attached hydrogens (tertiary/aromatic N) is 2. The summed E-state index contributed by atoms with van der Waals surface area (Å²) in [5.41, 5.74) is -0.203. The number of hydrogen-bond donors (Lipinski definition) is 2. The summed E-state index contributed by atoms with van der Waals surface area (Å²) in [5.74, 6) is 0.216. The van der Waals surface area contributed by atoms with E-state index in [-0.39, 0.29) is 17.3 Å². The van der Waals surface area contributed by atoms with Gasteiger partial charge in [0.2, 0.25) is 5.89 Å². The van der Waals surface area contributed by atoms with Crippen molar-refractivity contribution in [1.29, 1.82) is 0 Å². The number of aromatic nitrogens is 2. The van der Waals surface area contributed by atoms with Crippen LogP contribution >= 0.6 is 0 Å². The van der Waals surface area contributed by atoms with Crippen LogP contribution in [0.1, 0.15) is 29.9 Å². The second kappa shape index (κ2) is 3.62. The summed E-state index contributed by atoms with van der Waals surface area (Å²) in [6.45, 7) is 5.35. The summed E-state index contributed by atoms with van der Waals surface area (Å²) >= 11 is 0. The molecule has 1 unspecified atom stereocenters. The summed E-state index contributed by atoms with van der Waals surface area (Å²) in [5, 5.41) is 9.66. The third-order valence-electron chi connectivity index (χ3n) is 2.51. The Morgan fingerprint density at radius 1 is 1.67 bits per heavy atom. The molecule has 0 saturated carbocycles. The molecule has 1 atom stereocenters. The van der Waals surface area contributed by atoms with Crippen LogP contribution in [0.5, 0.6) is 0 Å². The van der Waals surface area contributed by atoms with Gasteiger partial charge in [-0.15, -0.1) is 0 Å². The van der Waals surface area contributed by atoms with E-state index in [4.69, 9.17) is 4.52 Å². The predicted octanol–water partition coefficient (Wildman–Crippen LogP) is -0.140. The highest BCUT2D eigenvalue weighted by molar-refractivity contribution is 5.90. The molecule has 1 fully saturated rings. The van der Waals surface area contributed by atoms with E-state index < -0.39 is 0 Å². The van der Waals surface area contributed by atoms with E-state index in [9.17, 15) is 4.79 Å². The molecule has 2 rings (SSSR count). The van der Waals surface area contributed by atoms with Gasteiger partial charge in [-0.3, -0.25) is 4.79 Å². The molecule has 2 N–H and O–H groups in total. The molecule has 2 heterocycles. The number of aryl methyl sites for hydroxylation is 1. The maximum Gasteiger partial charge on any atom is 0.293 e. The largest absolute Gasteiger partial charge is 0.343 e. The van der Waals surface area contributed by atoms with Crippen LogP contribution in [0.15, 0.2) is 4.52 Å². The zero-order valence-electron chi connectivity index (χ0n) is 8.83. The molecule has 6 heteroatoms. The Morgan fingerprint density at radius 3 is 3.00 bits per heavy atom. The van der Waals surface area contributed by atoms with Crippen LogP contribution in [0.3, 0.4) is 0 Å². The summed E-state index contributed by atoms with van der Waals surface area (Å²) in [7, 11) is 0. The van der Waals surface area contributed by atoms with Crippen LogP contribution in [0.2, 0.25) is 0 Å². The SMILES string of the molecule is Cc1nc(C(=O)NC2(C)CCNC2)no1. The van der Waals surface area contributed by atoms with Crippen molar-refractivity contribution >= 4 is 5.91 Å². The Labute approximate surface area is 87.4 Å². The van der Waals surface area contributed by atoms with Gasteiger partial charge < -0.3 is 15.2 Å². The van der Waals surface area contributed by atoms with Crippen molar-refractivity contribution < 1.29 is 9.32 Å². The molecule has 0 radical (unpaired) electrons. The average molecular weight is 210 g/mol. The number of nitrogens with one attached hydrogen (secondary N) is 2. The van der Waals surface area contributed by atoms with Gasteiger partial charge >= 0.3 is 0 Å². The molecule has 15 heavy (non-hydrogen) atoms. The molecular weight excluding hydrogens is 196 g/mol. The zero-order valence-corrected chi connectivity index (χ0v) is 8.83. The molecular formula is C9H14N4O2. The minimum atomic E-state index is -0.280. The number of rotatable bonds is 2. The highest BCUT2D eigenvalue weighted by Gasteiger charge is 2.31. The van der Waals surface area contributed by atoms with E-state index in [1.54, 1.807) is 6.92 Å². The fourth-order valence-corrected chi connectivity index (χ4v) is 1.65. The maximum atomic E-state index is 11.7.